The standard InChI is InChI=1S/C15H15FN4O4S/c1-2-9(14(23)24)25-15-19-11(17)10(13(22)20-15)18-12(21)7-3-5-8(16)6-4-7/h3-6,9H,2H2,1H3,(H,18,21)(H,23,24)(H3,17,19,20,22)/p-1/t9-/m0/s1. The first-order valence-corrected chi connectivity index (χ1v) is 8.04. The first-order chi connectivity index (χ1) is 11.8. The number of nitrogens with two attached hydrogens (primary N) is 1. The monoisotopic (exact) mass is 365 g/mol. The Bertz CT molecular complexity index is 854. The number of aromatic amines is 1. The van der Waals surface area contributed by atoms with Crippen LogP contribution in [0.2, 0.25) is 0 Å². The zero-order valence-electron chi connectivity index (χ0n) is 13.0. The number of anilines is 2. The van der Waals surface area contributed by atoms with Crippen LogP contribution in [0.1, 0.15) is 23.7 Å². The topological polar surface area (TPSA) is 141 Å². The number of rotatable bonds is 6. The van der Waals surface area contributed by atoms with Crippen molar-refractivity contribution in [3.05, 3.63) is 46.0 Å². The summed E-state index contributed by atoms with van der Waals surface area (Å²) in [5.74, 6) is -2.73. The van der Waals surface area contributed by atoms with Crippen LogP contribution in [0.25, 0.3) is 0 Å². The van der Waals surface area contributed by atoms with Gasteiger partial charge in [-0.3, -0.25) is 14.6 Å². The SMILES string of the molecule is CC[C@H](Sc1nc(N)c(NC(=O)c2ccc(F)cc2)c(=O)[nH]1)C(=O)[O-]. The molecule has 0 spiro atoms. The molecule has 132 valence electrons. The number of carboxylic acid groups (broad SMARTS) is 1. The Morgan fingerprint density at radius 1 is 1.40 bits per heavy atom. The molecule has 1 heterocycles. The number of nitrogens with one attached hydrogen (secondary N) is 2. The second-order valence-corrected chi connectivity index (χ2v) is 6.12. The predicted molar refractivity (Wildman–Crippen MR) is 88.6 cm³/mol. The van der Waals surface area contributed by atoms with Crippen molar-refractivity contribution in [3.63, 3.8) is 0 Å². The maximum Gasteiger partial charge on any atom is 0.277 e. The molecule has 0 aliphatic heterocycles. The van der Waals surface area contributed by atoms with E-state index in [4.69, 9.17) is 5.73 Å². The average Bonchev–Trinajstić information content (AvgIpc) is 2.56. The number of carbonyl (C=O) groups is 2. The number of benzene rings is 1. The molecule has 10 heteroatoms. The number of hydrogen-bond donors (Lipinski definition) is 3. The summed E-state index contributed by atoms with van der Waals surface area (Å²) in [5.41, 5.74) is 4.80. The molecule has 0 aliphatic rings. The molecule has 0 bridgehead atoms. The largest absolute Gasteiger partial charge is 0.549 e. The van der Waals surface area contributed by atoms with E-state index in [2.05, 4.69) is 15.3 Å². The minimum absolute atomic E-state index is 0.00155. The third-order valence-corrected chi connectivity index (χ3v) is 4.39. The molecule has 1 atom stereocenters. The quantitative estimate of drug-likeness (QED) is 0.496. The van der Waals surface area contributed by atoms with Crippen LogP contribution >= 0.6 is 11.8 Å². The van der Waals surface area contributed by atoms with Crippen molar-refractivity contribution in [1.82, 2.24) is 9.97 Å². The van der Waals surface area contributed by atoms with Crippen LogP contribution in [0.3, 0.4) is 0 Å². The van der Waals surface area contributed by atoms with E-state index >= 15 is 0 Å². The van der Waals surface area contributed by atoms with Crippen molar-refractivity contribution < 1.29 is 19.1 Å². The minimum Gasteiger partial charge on any atom is -0.549 e. The number of nitrogens with zero attached hydrogens (tertiary/aromatic N) is 1. The van der Waals surface area contributed by atoms with E-state index < -0.39 is 28.5 Å². The number of aromatic nitrogens is 2. The summed E-state index contributed by atoms with van der Waals surface area (Å²) in [5, 5.41) is 12.3. The van der Waals surface area contributed by atoms with Gasteiger partial charge in [-0.05, 0) is 30.7 Å². The molecule has 0 unspecified atom stereocenters. The summed E-state index contributed by atoms with van der Waals surface area (Å²) in [6, 6.07) is 4.70. The van der Waals surface area contributed by atoms with E-state index in [1.165, 1.54) is 12.1 Å². The molecular weight excluding hydrogens is 351 g/mol. The molecule has 2 aromatic rings. The van der Waals surface area contributed by atoms with Crippen molar-refractivity contribution in [2.45, 2.75) is 23.8 Å². The van der Waals surface area contributed by atoms with E-state index in [1.807, 2.05) is 0 Å². The van der Waals surface area contributed by atoms with Crippen LogP contribution in [0, 0.1) is 5.82 Å². The molecule has 1 aromatic heterocycles. The molecule has 25 heavy (non-hydrogen) atoms. The summed E-state index contributed by atoms with van der Waals surface area (Å²) in [6.45, 7) is 1.65. The molecular formula is C15H14FN4O4S-. The lowest BCUT2D eigenvalue weighted by molar-refractivity contribution is -0.304. The van der Waals surface area contributed by atoms with Gasteiger partial charge in [0.05, 0.1) is 11.2 Å². The average molecular weight is 365 g/mol. The number of aliphatic carboxylic acids is 1. The molecule has 0 fully saturated rings. The molecule has 2 rings (SSSR count). The summed E-state index contributed by atoms with van der Waals surface area (Å²) >= 11 is 0.788. The van der Waals surface area contributed by atoms with Gasteiger partial charge in [-0.1, -0.05) is 18.7 Å². The Labute approximate surface area is 145 Å². The molecule has 0 radical (unpaired) electrons. The van der Waals surface area contributed by atoms with Gasteiger partial charge in [0, 0.05) is 5.56 Å². The highest BCUT2D eigenvalue weighted by Crippen LogP contribution is 2.23. The number of hydrogen-bond acceptors (Lipinski definition) is 7. The highest BCUT2D eigenvalue weighted by molar-refractivity contribution is 8.00. The number of thioether (sulfide) groups is 1. The number of carbonyl (C=O) groups excluding carboxylic acids is 2. The Hall–Kier alpha value is -2.88. The fraction of sp³-hybridized carbons (Fsp3) is 0.200. The first kappa shape index (κ1) is 18.5. The fourth-order valence-electron chi connectivity index (χ4n) is 1.87. The highest BCUT2D eigenvalue weighted by atomic mass is 32.2. The van der Waals surface area contributed by atoms with Gasteiger partial charge in [0.1, 0.15) is 11.5 Å². The Kier molecular flexibility index (Phi) is 5.75. The normalized spacial score (nSPS) is 11.8. The van der Waals surface area contributed by atoms with Crippen molar-refractivity contribution in [2.75, 3.05) is 11.1 Å². The predicted octanol–water partition coefficient (Wildman–Crippen LogP) is 0.364. The van der Waals surface area contributed by atoms with Crippen LogP contribution in [-0.2, 0) is 4.79 Å². The lowest BCUT2D eigenvalue weighted by Crippen LogP contribution is -2.33. The van der Waals surface area contributed by atoms with E-state index in [0.29, 0.717) is 0 Å². The molecule has 8 nitrogen and oxygen atoms in total. The van der Waals surface area contributed by atoms with Gasteiger partial charge in [-0.15, -0.1) is 0 Å². The zero-order chi connectivity index (χ0) is 18.6. The van der Waals surface area contributed by atoms with Crippen LogP contribution < -0.4 is 21.7 Å². The summed E-state index contributed by atoms with van der Waals surface area (Å²) in [6.07, 6.45) is 0.264. The van der Waals surface area contributed by atoms with E-state index in [9.17, 15) is 23.9 Å². The van der Waals surface area contributed by atoms with Gasteiger partial charge >= 0.3 is 0 Å². The molecule has 1 aromatic carbocycles. The smallest absolute Gasteiger partial charge is 0.277 e. The molecule has 0 aliphatic carbocycles. The van der Waals surface area contributed by atoms with Crippen molar-refractivity contribution in [2.24, 2.45) is 0 Å². The van der Waals surface area contributed by atoms with Gasteiger partial charge in [0.25, 0.3) is 11.5 Å². The van der Waals surface area contributed by atoms with Gasteiger partial charge < -0.3 is 21.0 Å². The van der Waals surface area contributed by atoms with E-state index in [-0.39, 0.29) is 28.6 Å². The first-order valence-electron chi connectivity index (χ1n) is 7.16. The van der Waals surface area contributed by atoms with Gasteiger partial charge in [-0.25, -0.2) is 9.37 Å². The number of halogens is 1. The Morgan fingerprint density at radius 2 is 2.04 bits per heavy atom. The highest BCUT2D eigenvalue weighted by Gasteiger charge is 2.16. The third kappa shape index (κ3) is 4.57. The van der Waals surface area contributed by atoms with Crippen LogP contribution in [0.15, 0.2) is 34.2 Å². The van der Waals surface area contributed by atoms with Crippen LogP contribution in [0.4, 0.5) is 15.9 Å². The fourth-order valence-corrected chi connectivity index (χ4v) is 2.70. The maximum atomic E-state index is 12.9. The van der Waals surface area contributed by atoms with Gasteiger partial charge in [0.15, 0.2) is 11.0 Å². The third-order valence-electron chi connectivity index (χ3n) is 3.16. The lowest BCUT2D eigenvalue weighted by Gasteiger charge is -2.15. The van der Waals surface area contributed by atoms with Crippen molar-refractivity contribution in [3.8, 4) is 0 Å². The van der Waals surface area contributed by atoms with Crippen LogP contribution in [-0.4, -0.2) is 27.1 Å². The maximum absolute atomic E-state index is 12.9. The van der Waals surface area contributed by atoms with Gasteiger partial charge in [0.2, 0.25) is 0 Å². The van der Waals surface area contributed by atoms with Crippen LogP contribution in [0.5, 0.6) is 0 Å². The Morgan fingerprint density at radius 3 is 2.56 bits per heavy atom. The minimum atomic E-state index is -1.29. The van der Waals surface area contributed by atoms with Crippen molar-refractivity contribution >= 4 is 35.1 Å². The molecule has 0 saturated heterocycles. The summed E-state index contributed by atoms with van der Waals surface area (Å²) in [4.78, 5) is 41.3. The van der Waals surface area contributed by atoms with E-state index in [1.54, 1.807) is 6.92 Å². The number of amides is 1. The molecule has 1 amide bonds. The second kappa shape index (κ2) is 7.79. The number of H-pyrrole nitrogens is 1. The second-order valence-electron chi connectivity index (χ2n) is 4.93. The summed E-state index contributed by atoms with van der Waals surface area (Å²) < 4.78 is 12.9. The summed E-state index contributed by atoms with van der Waals surface area (Å²) in [7, 11) is 0. The van der Waals surface area contributed by atoms with Crippen molar-refractivity contribution in [1.29, 1.82) is 0 Å². The Balaban J connectivity index is 2.22. The number of carboxylic acids is 1. The number of nitrogen functional groups attached to an aromatic ring is 1. The molecule has 4 N–H and O–H groups in total. The van der Waals surface area contributed by atoms with Gasteiger partial charge in [-0.2, -0.15) is 0 Å². The lowest BCUT2D eigenvalue weighted by atomic mass is 10.2. The molecule has 0 saturated carbocycles. The van der Waals surface area contributed by atoms with E-state index in [0.717, 1.165) is 23.9 Å². The zero-order valence-corrected chi connectivity index (χ0v) is 13.9.